The van der Waals surface area contributed by atoms with Crippen molar-refractivity contribution in [3.8, 4) is 0 Å². The number of benzene rings is 1. The van der Waals surface area contributed by atoms with Gasteiger partial charge in [0.05, 0.1) is 42.7 Å². The maximum absolute atomic E-state index is 14.5. The summed E-state index contributed by atoms with van der Waals surface area (Å²) in [5.74, 6) is -3.54. The number of ether oxygens (including phenoxy) is 2. The number of carbonyl (C=O) groups is 7. The van der Waals surface area contributed by atoms with Gasteiger partial charge >= 0.3 is 0 Å². The smallest absolute Gasteiger partial charge is 0.253 e. The van der Waals surface area contributed by atoms with Crippen LogP contribution in [-0.2, 0) is 49.5 Å². The summed E-state index contributed by atoms with van der Waals surface area (Å²) in [6.07, 6.45) is 7.57. The van der Waals surface area contributed by atoms with Gasteiger partial charge in [-0.25, -0.2) is 4.98 Å². The van der Waals surface area contributed by atoms with Gasteiger partial charge in [-0.2, -0.15) is 0 Å². The topological polar surface area (TPSA) is 188 Å². The molecule has 9 atom stereocenters. The lowest BCUT2D eigenvalue weighted by Gasteiger charge is -2.43. The number of likely N-dealkylation sites (N-methyl/N-ethyl adjacent to an activating group) is 2. The van der Waals surface area contributed by atoms with Crippen LogP contribution >= 0.6 is 11.3 Å². The molecule has 68 heavy (non-hydrogen) atoms. The van der Waals surface area contributed by atoms with Crippen molar-refractivity contribution in [2.24, 2.45) is 23.7 Å². The number of thiazole rings is 1. The van der Waals surface area contributed by atoms with Gasteiger partial charge in [-0.3, -0.25) is 48.7 Å². The van der Waals surface area contributed by atoms with Crippen LogP contribution in [0.25, 0.3) is 0 Å². The Balaban J connectivity index is 1.43. The fourth-order valence-corrected chi connectivity index (χ4v) is 10.7. The average molecular weight is 964 g/mol. The normalized spacial score (nSPS) is 18.6. The summed E-state index contributed by atoms with van der Waals surface area (Å²) in [6, 6.07) is 7.14. The van der Waals surface area contributed by atoms with Crippen molar-refractivity contribution >= 4 is 52.7 Å². The highest BCUT2D eigenvalue weighted by molar-refractivity contribution is 7.09. The van der Waals surface area contributed by atoms with Gasteiger partial charge in [0.15, 0.2) is 0 Å². The molecule has 2 aliphatic heterocycles. The van der Waals surface area contributed by atoms with E-state index in [0.29, 0.717) is 38.6 Å². The van der Waals surface area contributed by atoms with Crippen LogP contribution in [0.5, 0.6) is 0 Å². The molecule has 0 bridgehead atoms. The summed E-state index contributed by atoms with van der Waals surface area (Å²) in [6.45, 7) is 14.2. The zero-order valence-corrected chi connectivity index (χ0v) is 43.0. The summed E-state index contributed by atoms with van der Waals surface area (Å²) in [5, 5.41) is 8.58. The Kier molecular flexibility index (Phi) is 22.0. The Bertz CT molecular complexity index is 2000. The standard InChI is InChI=1S/C51H77N7O9S/c1-12-34(6)46(56(9)45(33(4)5)50(65)54-49(64)44(32(2)3)55(8)40(59)23-17-14-18-27-58-41(60)24-25-42(58)61)39(66-10)31-43(62)57-28-19-22-38(57)47(67-11)35(7)48(63)53-37(51-52-26-29-68-51)30-36-20-15-13-16-21-36/h13,15-16,20-21,24-26,29,32-35,37-39,44-47H,12,14,17-19,22-23,27-28,30-31H2,1-11H3,(H,53,63)(H,54,64,65)/t34-,35+,37+,38-,39+,44-,45-,46?,47?/m0/s1. The Morgan fingerprint density at radius 3 is 2.09 bits per heavy atom. The van der Waals surface area contributed by atoms with Crippen LogP contribution in [0.2, 0.25) is 0 Å². The second-order valence-electron chi connectivity index (χ2n) is 19.1. The van der Waals surface area contributed by atoms with Gasteiger partial charge in [0.25, 0.3) is 11.8 Å². The zero-order chi connectivity index (χ0) is 50.2. The van der Waals surface area contributed by atoms with E-state index in [0.717, 1.165) is 23.4 Å². The van der Waals surface area contributed by atoms with E-state index in [1.165, 1.54) is 33.3 Å². The average Bonchev–Trinajstić information content (AvgIpc) is 4.09. The summed E-state index contributed by atoms with van der Waals surface area (Å²) in [5.41, 5.74) is 1.07. The number of likely N-dealkylation sites (tertiary alicyclic amines) is 1. The van der Waals surface area contributed by atoms with Gasteiger partial charge in [-0.1, -0.05) is 91.6 Å². The quantitative estimate of drug-likeness (QED) is 0.0842. The maximum atomic E-state index is 14.5. The molecule has 4 rings (SSSR count). The minimum Gasteiger partial charge on any atom is -0.379 e. The van der Waals surface area contributed by atoms with Gasteiger partial charge in [0.2, 0.25) is 29.5 Å². The van der Waals surface area contributed by atoms with Gasteiger partial charge < -0.3 is 24.6 Å². The van der Waals surface area contributed by atoms with E-state index in [-0.39, 0.29) is 78.8 Å². The Morgan fingerprint density at radius 1 is 0.868 bits per heavy atom. The number of nitrogens with one attached hydrogen (secondary N) is 2. The summed E-state index contributed by atoms with van der Waals surface area (Å²) < 4.78 is 12.2. The minimum absolute atomic E-state index is 0.0198. The van der Waals surface area contributed by atoms with Crippen molar-refractivity contribution in [3.63, 3.8) is 0 Å². The van der Waals surface area contributed by atoms with Crippen LogP contribution in [0, 0.1) is 23.7 Å². The second-order valence-corrected chi connectivity index (χ2v) is 20.1. The van der Waals surface area contributed by atoms with E-state index in [2.05, 4.69) is 22.5 Å². The molecule has 376 valence electrons. The number of hydrogen-bond acceptors (Lipinski definition) is 12. The van der Waals surface area contributed by atoms with Crippen molar-refractivity contribution in [2.75, 3.05) is 41.4 Å². The predicted molar refractivity (Wildman–Crippen MR) is 262 cm³/mol. The number of carbonyl (C=O) groups excluding carboxylic acids is 7. The molecule has 1 saturated heterocycles. The van der Waals surface area contributed by atoms with Crippen LogP contribution in [0.3, 0.4) is 0 Å². The molecule has 2 aliphatic rings. The number of aromatic nitrogens is 1. The molecule has 1 aromatic heterocycles. The summed E-state index contributed by atoms with van der Waals surface area (Å²) >= 11 is 1.49. The molecule has 2 N–H and O–H groups in total. The number of nitrogens with zero attached hydrogens (tertiary/aromatic N) is 5. The fraction of sp³-hybridized carbons (Fsp3) is 0.647. The first-order valence-electron chi connectivity index (χ1n) is 24.3. The van der Waals surface area contributed by atoms with E-state index in [9.17, 15) is 33.6 Å². The summed E-state index contributed by atoms with van der Waals surface area (Å²) in [7, 11) is 6.55. The first-order valence-corrected chi connectivity index (χ1v) is 25.2. The Labute approximate surface area is 407 Å². The van der Waals surface area contributed by atoms with Crippen LogP contribution in [0.1, 0.15) is 116 Å². The molecule has 16 nitrogen and oxygen atoms in total. The minimum atomic E-state index is -0.919. The molecular weight excluding hydrogens is 887 g/mol. The third kappa shape index (κ3) is 14.6. The monoisotopic (exact) mass is 964 g/mol. The zero-order valence-electron chi connectivity index (χ0n) is 42.1. The number of unbranched alkanes of at least 4 members (excludes halogenated alkanes) is 2. The lowest BCUT2D eigenvalue weighted by molar-refractivity contribution is -0.146. The molecule has 2 aromatic rings. The first kappa shape index (κ1) is 55.8. The van der Waals surface area contributed by atoms with Crippen LogP contribution in [0.4, 0.5) is 0 Å². The molecule has 0 aliphatic carbocycles. The molecule has 0 saturated carbocycles. The molecular formula is C51H77N7O9S. The van der Waals surface area contributed by atoms with E-state index in [4.69, 9.17) is 9.47 Å². The van der Waals surface area contributed by atoms with Crippen molar-refractivity contribution in [1.82, 2.24) is 35.2 Å². The highest BCUT2D eigenvalue weighted by atomic mass is 32.1. The molecule has 2 unspecified atom stereocenters. The van der Waals surface area contributed by atoms with Crippen molar-refractivity contribution in [3.05, 3.63) is 64.6 Å². The van der Waals surface area contributed by atoms with E-state index >= 15 is 0 Å². The van der Waals surface area contributed by atoms with E-state index in [1.54, 1.807) is 27.5 Å². The second kappa shape index (κ2) is 26.8. The van der Waals surface area contributed by atoms with Crippen LogP contribution < -0.4 is 10.6 Å². The largest absolute Gasteiger partial charge is 0.379 e. The number of imide groups is 2. The van der Waals surface area contributed by atoms with Crippen molar-refractivity contribution in [1.29, 1.82) is 0 Å². The molecule has 1 aromatic carbocycles. The number of rotatable bonds is 27. The SMILES string of the molecule is CC[C@H](C)C([C@@H](CC(=O)N1CCC[C@H]1C(OC)[C@@H](C)C(=O)N[C@H](Cc1ccccc1)c1nccs1)OC)N(C)[C@H](C(=O)NC(=O)[C@H](C(C)C)N(C)C(=O)CCCCCN1C(=O)C=CC1=O)C(C)C. The molecule has 0 radical (unpaired) electrons. The van der Waals surface area contributed by atoms with Crippen molar-refractivity contribution < 1.29 is 43.0 Å². The first-order chi connectivity index (χ1) is 32.4. The van der Waals surface area contributed by atoms with Gasteiger partial charge in [-0.15, -0.1) is 11.3 Å². The third-order valence-corrected chi connectivity index (χ3v) is 14.6. The fourth-order valence-electron chi connectivity index (χ4n) is 10.00. The maximum Gasteiger partial charge on any atom is 0.253 e. The molecule has 17 heteroatoms. The van der Waals surface area contributed by atoms with Gasteiger partial charge in [0, 0.05) is 70.5 Å². The molecule has 1 fully saturated rings. The Hall–Kier alpha value is -4.84. The van der Waals surface area contributed by atoms with E-state index in [1.807, 2.05) is 94.1 Å². The molecule has 3 heterocycles. The predicted octanol–water partition coefficient (Wildman–Crippen LogP) is 5.57. The highest BCUT2D eigenvalue weighted by Crippen LogP contribution is 2.31. The highest BCUT2D eigenvalue weighted by Gasteiger charge is 2.44. The number of amides is 7. The number of methoxy groups -OCH3 is 2. The lowest BCUT2D eigenvalue weighted by Crippen LogP contribution is -2.60. The third-order valence-electron chi connectivity index (χ3n) is 13.8. The summed E-state index contributed by atoms with van der Waals surface area (Å²) in [4.78, 5) is 105. The van der Waals surface area contributed by atoms with Crippen LogP contribution in [-0.4, -0.2) is 144 Å². The van der Waals surface area contributed by atoms with Crippen LogP contribution in [0.15, 0.2) is 54.1 Å². The van der Waals surface area contributed by atoms with E-state index < -0.39 is 48.1 Å². The van der Waals surface area contributed by atoms with Gasteiger partial charge in [-0.05, 0) is 62.5 Å². The van der Waals surface area contributed by atoms with Crippen molar-refractivity contribution in [2.45, 2.75) is 149 Å². The molecule has 0 spiro atoms. The molecule has 7 amide bonds. The van der Waals surface area contributed by atoms with Gasteiger partial charge in [0.1, 0.15) is 11.0 Å². The lowest BCUT2D eigenvalue weighted by atomic mass is 9.87. The Morgan fingerprint density at radius 2 is 1.51 bits per heavy atom. The number of hydrogen-bond donors (Lipinski definition) is 2.